The van der Waals surface area contributed by atoms with Gasteiger partial charge in [-0.3, -0.25) is 0 Å². The fourth-order valence-corrected chi connectivity index (χ4v) is 1.24. The number of hydrogen-bond acceptors (Lipinski definition) is 7. The highest BCUT2D eigenvalue weighted by molar-refractivity contribution is 5.47. The minimum Gasteiger partial charge on any atom is -0.481 e. The Morgan fingerprint density at radius 3 is 3.00 bits per heavy atom. The van der Waals surface area contributed by atoms with Crippen LogP contribution < -0.4 is 10.1 Å². The number of aromatic nitrogens is 6. The van der Waals surface area contributed by atoms with E-state index < -0.39 is 0 Å². The van der Waals surface area contributed by atoms with Gasteiger partial charge in [0.05, 0.1) is 19.2 Å². The summed E-state index contributed by atoms with van der Waals surface area (Å²) in [5.74, 6) is 1.80. The standard InChI is InChI=1S/C8H11N7O/c1-5-7(10-4-11-8(5)16-2)9-3-6-12-14-15-13-6/h4H,3H2,1-2H3,(H,9,10,11)(H,12,13,14,15). The van der Waals surface area contributed by atoms with Crippen molar-refractivity contribution in [2.75, 3.05) is 12.4 Å². The number of anilines is 1. The van der Waals surface area contributed by atoms with E-state index in [0.717, 1.165) is 5.56 Å². The van der Waals surface area contributed by atoms with Crippen molar-refractivity contribution in [1.82, 2.24) is 30.6 Å². The van der Waals surface area contributed by atoms with Crippen LogP contribution in [-0.2, 0) is 6.54 Å². The number of nitrogens with zero attached hydrogens (tertiary/aromatic N) is 5. The molecule has 84 valence electrons. The van der Waals surface area contributed by atoms with Gasteiger partial charge < -0.3 is 10.1 Å². The molecule has 2 N–H and O–H groups in total. The first kappa shape index (κ1) is 10.3. The summed E-state index contributed by atoms with van der Waals surface area (Å²) in [4.78, 5) is 8.08. The van der Waals surface area contributed by atoms with Gasteiger partial charge in [0, 0.05) is 0 Å². The monoisotopic (exact) mass is 221 g/mol. The molecule has 8 heteroatoms. The Morgan fingerprint density at radius 1 is 1.44 bits per heavy atom. The molecule has 0 atom stereocenters. The number of hydrogen-bond donors (Lipinski definition) is 2. The maximum Gasteiger partial charge on any atom is 0.221 e. The van der Waals surface area contributed by atoms with Gasteiger partial charge in [-0.1, -0.05) is 5.21 Å². The SMILES string of the molecule is COc1ncnc(NCc2nn[nH]n2)c1C. The van der Waals surface area contributed by atoms with Crippen molar-refractivity contribution in [2.45, 2.75) is 13.5 Å². The molecule has 8 nitrogen and oxygen atoms in total. The Hall–Kier alpha value is -2.25. The normalized spacial score (nSPS) is 10.1. The van der Waals surface area contributed by atoms with E-state index in [-0.39, 0.29) is 0 Å². The van der Waals surface area contributed by atoms with Crippen LogP contribution in [0.25, 0.3) is 0 Å². The molecule has 0 aromatic carbocycles. The summed E-state index contributed by atoms with van der Waals surface area (Å²) in [5.41, 5.74) is 0.841. The highest BCUT2D eigenvalue weighted by Gasteiger charge is 2.07. The lowest BCUT2D eigenvalue weighted by Gasteiger charge is -2.08. The zero-order valence-corrected chi connectivity index (χ0v) is 8.93. The van der Waals surface area contributed by atoms with Crippen molar-refractivity contribution in [3.63, 3.8) is 0 Å². The maximum absolute atomic E-state index is 5.08. The Bertz CT molecular complexity index is 455. The predicted octanol–water partition coefficient (Wildman–Crippen LogP) is -0.0812. The number of methoxy groups -OCH3 is 1. The number of aromatic amines is 1. The van der Waals surface area contributed by atoms with Crippen molar-refractivity contribution in [2.24, 2.45) is 0 Å². The number of ether oxygens (including phenoxy) is 1. The summed E-state index contributed by atoms with van der Waals surface area (Å²) >= 11 is 0. The van der Waals surface area contributed by atoms with Gasteiger partial charge in [0.25, 0.3) is 0 Å². The second-order valence-corrected chi connectivity index (χ2v) is 3.04. The van der Waals surface area contributed by atoms with Crippen molar-refractivity contribution in [3.8, 4) is 5.88 Å². The molecule has 0 spiro atoms. The van der Waals surface area contributed by atoms with Crippen LogP contribution in [0.5, 0.6) is 5.88 Å². The Morgan fingerprint density at radius 2 is 2.31 bits per heavy atom. The fourth-order valence-electron chi connectivity index (χ4n) is 1.24. The summed E-state index contributed by atoms with van der Waals surface area (Å²) in [6, 6.07) is 0. The van der Waals surface area contributed by atoms with Crippen LogP contribution in [0.15, 0.2) is 6.33 Å². The third kappa shape index (κ3) is 2.05. The lowest BCUT2D eigenvalue weighted by molar-refractivity contribution is 0.393. The molecule has 16 heavy (non-hydrogen) atoms. The molecule has 2 aromatic rings. The van der Waals surface area contributed by atoms with E-state index in [2.05, 4.69) is 35.9 Å². The van der Waals surface area contributed by atoms with Crippen molar-refractivity contribution in [1.29, 1.82) is 0 Å². The minimum absolute atomic E-state index is 0.442. The van der Waals surface area contributed by atoms with Gasteiger partial charge in [-0.25, -0.2) is 9.97 Å². The van der Waals surface area contributed by atoms with Crippen LogP contribution in [-0.4, -0.2) is 37.7 Å². The van der Waals surface area contributed by atoms with Gasteiger partial charge in [0.1, 0.15) is 12.1 Å². The number of tetrazole rings is 1. The maximum atomic E-state index is 5.08. The molecule has 0 saturated carbocycles. The van der Waals surface area contributed by atoms with E-state index in [1.54, 1.807) is 7.11 Å². The zero-order chi connectivity index (χ0) is 11.4. The fraction of sp³-hybridized carbons (Fsp3) is 0.375. The van der Waals surface area contributed by atoms with E-state index in [1.807, 2.05) is 6.92 Å². The Balaban J connectivity index is 2.09. The summed E-state index contributed by atoms with van der Waals surface area (Å²) in [5, 5.41) is 16.5. The zero-order valence-electron chi connectivity index (χ0n) is 8.93. The molecule has 2 rings (SSSR count). The molecule has 0 radical (unpaired) electrons. The third-order valence-corrected chi connectivity index (χ3v) is 2.03. The Kier molecular flexibility index (Phi) is 2.90. The molecule has 2 heterocycles. The lowest BCUT2D eigenvalue weighted by Crippen LogP contribution is -2.06. The van der Waals surface area contributed by atoms with Crippen LogP contribution in [0.1, 0.15) is 11.4 Å². The summed E-state index contributed by atoms with van der Waals surface area (Å²) in [6.07, 6.45) is 1.43. The van der Waals surface area contributed by atoms with Crippen molar-refractivity contribution < 1.29 is 4.74 Å². The second kappa shape index (κ2) is 4.51. The van der Waals surface area contributed by atoms with Crippen LogP contribution in [0.2, 0.25) is 0 Å². The van der Waals surface area contributed by atoms with Crippen LogP contribution in [0.4, 0.5) is 5.82 Å². The first-order valence-corrected chi connectivity index (χ1v) is 4.63. The number of rotatable bonds is 4. The van der Waals surface area contributed by atoms with Crippen molar-refractivity contribution in [3.05, 3.63) is 17.7 Å². The van der Waals surface area contributed by atoms with E-state index in [1.165, 1.54) is 6.33 Å². The van der Waals surface area contributed by atoms with Gasteiger partial charge in [0.15, 0.2) is 5.82 Å². The summed E-state index contributed by atoms with van der Waals surface area (Å²) in [6.45, 7) is 2.31. The quantitative estimate of drug-likeness (QED) is 0.744. The van der Waals surface area contributed by atoms with E-state index >= 15 is 0 Å². The van der Waals surface area contributed by atoms with Crippen LogP contribution in [0, 0.1) is 6.92 Å². The molecule has 0 aliphatic rings. The molecule has 0 unspecified atom stereocenters. The van der Waals surface area contributed by atoms with E-state index in [4.69, 9.17) is 4.74 Å². The predicted molar refractivity (Wildman–Crippen MR) is 54.8 cm³/mol. The average Bonchev–Trinajstić information content (AvgIpc) is 2.81. The molecule has 0 bridgehead atoms. The second-order valence-electron chi connectivity index (χ2n) is 3.04. The van der Waals surface area contributed by atoms with E-state index in [0.29, 0.717) is 24.1 Å². The van der Waals surface area contributed by atoms with Gasteiger partial charge in [0.2, 0.25) is 5.88 Å². The lowest BCUT2D eigenvalue weighted by atomic mass is 10.3. The van der Waals surface area contributed by atoms with Gasteiger partial charge >= 0.3 is 0 Å². The number of nitrogens with one attached hydrogen (secondary N) is 2. The number of H-pyrrole nitrogens is 1. The third-order valence-electron chi connectivity index (χ3n) is 2.03. The smallest absolute Gasteiger partial charge is 0.221 e. The van der Waals surface area contributed by atoms with Crippen LogP contribution in [0.3, 0.4) is 0 Å². The molecule has 0 saturated heterocycles. The van der Waals surface area contributed by atoms with Gasteiger partial charge in [-0.15, -0.1) is 10.2 Å². The summed E-state index contributed by atoms with van der Waals surface area (Å²) < 4.78 is 5.08. The average molecular weight is 221 g/mol. The highest BCUT2D eigenvalue weighted by Crippen LogP contribution is 2.19. The molecule has 0 aliphatic carbocycles. The van der Waals surface area contributed by atoms with Crippen molar-refractivity contribution >= 4 is 5.82 Å². The first-order chi connectivity index (χ1) is 7.81. The van der Waals surface area contributed by atoms with Gasteiger partial charge in [-0.05, 0) is 6.92 Å². The topological polar surface area (TPSA) is 102 Å². The first-order valence-electron chi connectivity index (χ1n) is 4.63. The van der Waals surface area contributed by atoms with E-state index in [9.17, 15) is 0 Å². The highest BCUT2D eigenvalue weighted by atomic mass is 16.5. The molecular weight excluding hydrogens is 210 g/mol. The minimum atomic E-state index is 0.442. The Labute approximate surface area is 91.5 Å². The largest absolute Gasteiger partial charge is 0.481 e. The molecule has 0 aliphatic heterocycles. The van der Waals surface area contributed by atoms with Gasteiger partial charge in [-0.2, -0.15) is 5.21 Å². The summed E-state index contributed by atoms with van der Waals surface area (Å²) in [7, 11) is 1.57. The molecule has 2 aromatic heterocycles. The molecule has 0 fully saturated rings. The molecular formula is C8H11N7O. The molecule has 0 amide bonds. The van der Waals surface area contributed by atoms with Crippen LogP contribution >= 0.6 is 0 Å².